The summed E-state index contributed by atoms with van der Waals surface area (Å²) in [5.74, 6) is 2.27. The van der Waals surface area contributed by atoms with Crippen LogP contribution in [0.3, 0.4) is 0 Å². The molecule has 158 valence electrons. The average molecular weight is 435 g/mol. The van der Waals surface area contributed by atoms with Gasteiger partial charge in [-0.05, 0) is 24.1 Å². The van der Waals surface area contributed by atoms with Crippen LogP contribution < -0.4 is 4.74 Å². The molecule has 0 bridgehead atoms. The molecule has 2 aliphatic rings. The molecule has 3 rings (SSSR count). The van der Waals surface area contributed by atoms with Crippen molar-refractivity contribution in [1.82, 2.24) is 4.90 Å². The van der Waals surface area contributed by atoms with Crippen LogP contribution in [0.5, 0.6) is 5.75 Å². The van der Waals surface area contributed by atoms with Crippen LogP contribution in [0.15, 0.2) is 24.3 Å². The largest absolute Gasteiger partial charge is 0.722 e. The van der Waals surface area contributed by atoms with Gasteiger partial charge in [0.15, 0.2) is 6.04 Å². The molecule has 0 aliphatic carbocycles. The summed E-state index contributed by atoms with van der Waals surface area (Å²) >= 11 is 1.98. The summed E-state index contributed by atoms with van der Waals surface area (Å²) in [6, 6.07) is 8.43. The van der Waals surface area contributed by atoms with E-state index in [1.54, 1.807) is 7.11 Å². The van der Waals surface area contributed by atoms with Gasteiger partial charge >= 0.3 is 0 Å². The molecule has 0 spiro atoms. The lowest BCUT2D eigenvalue weighted by Crippen LogP contribution is -2.56. The molecule has 10 heteroatoms. The fraction of sp³-hybridized carbons (Fsp3) is 0.611. The first-order valence-corrected chi connectivity index (χ1v) is 11.4. The lowest BCUT2D eigenvalue weighted by molar-refractivity contribution is -0.893. The van der Waals surface area contributed by atoms with Crippen LogP contribution in [-0.2, 0) is 21.1 Å². The molecule has 0 radical (unpaired) electrons. The molecule has 7 nitrogen and oxygen atoms in total. The van der Waals surface area contributed by atoms with Crippen molar-refractivity contribution in [2.45, 2.75) is 29.9 Å². The SMILES string of the molecule is COc1ccc(CS[C@H]2C[C@@H](C(=O)N3CCC3)[N+](C)(C)C2)cc1.O=S(=O)([O-])F. The molecule has 0 unspecified atom stereocenters. The molecule has 0 aromatic heterocycles. The van der Waals surface area contributed by atoms with E-state index in [0.717, 1.165) is 42.0 Å². The number of hydrogen-bond acceptors (Lipinski definition) is 6. The monoisotopic (exact) mass is 434 g/mol. The molecular formula is C18H27FN2O5S2. The lowest BCUT2D eigenvalue weighted by atomic mass is 10.1. The summed E-state index contributed by atoms with van der Waals surface area (Å²) in [4.78, 5) is 14.6. The van der Waals surface area contributed by atoms with E-state index in [2.05, 4.69) is 26.2 Å². The molecule has 1 aromatic carbocycles. The highest BCUT2D eigenvalue weighted by molar-refractivity contribution is 7.99. The summed E-state index contributed by atoms with van der Waals surface area (Å²) in [5.41, 5.74) is 1.32. The Bertz CT molecular complexity index is 759. The Hall–Kier alpha value is -1.36. The van der Waals surface area contributed by atoms with E-state index in [0.29, 0.717) is 11.2 Å². The molecule has 28 heavy (non-hydrogen) atoms. The third-order valence-electron chi connectivity index (χ3n) is 5.10. The summed E-state index contributed by atoms with van der Waals surface area (Å²) in [6.07, 6.45) is 2.17. The number of rotatable bonds is 5. The second-order valence-corrected chi connectivity index (χ2v) is 9.64. The average Bonchev–Trinajstić information content (AvgIpc) is 2.85. The van der Waals surface area contributed by atoms with Crippen LogP contribution in [-0.4, -0.2) is 80.4 Å². The fourth-order valence-corrected chi connectivity index (χ4v) is 4.89. The van der Waals surface area contributed by atoms with Gasteiger partial charge in [0.25, 0.3) is 16.4 Å². The minimum Gasteiger partial charge on any atom is -0.722 e. The normalized spacial score (nSPS) is 23.4. The molecule has 2 aliphatic heterocycles. The summed E-state index contributed by atoms with van der Waals surface area (Å²) < 4.78 is 41.4. The van der Waals surface area contributed by atoms with Crippen molar-refractivity contribution in [1.29, 1.82) is 0 Å². The van der Waals surface area contributed by atoms with Crippen LogP contribution >= 0.6 is 11.8 Å². The van der Waals surface area contributed by atoms with Gasteiger partial charge in [0, 0.05) is 25.3 Å². The molecule has 2 fully saturated rings. The molecule has 1 aromatic rings. The first-order valence-electron chi connectivity index (χ1n) is 9.01. The Balaban J connectivity index is 0.000000500. The number of quaternary nitrogens is 1. The van der Waals surface area contributed by atoms with Crippen molar-refractivity contribution in [3.05, 3.63) is 29.8 Å². The third kappa shape index (κ3) is 6.91. The lowest BCUT2D eigenvalue weighted by Gasteiger charge is -2.37. The predicted octanol–water partition coefficient (Wildman–Crippen LogP) is 1.79. The van der Waals surface area contributed by atoms with Crippen molar-refractivity contribution in [3.8, 4) is 5.75 Å². The number of carbonyl (C=O) groups excluding carboxylic acids is 1. The first-order chi connectivity index (χ1) is 13.0. The number of amides is 1. The predicted molar refractivity (Wildman–Crippen MR) is 105 cm³/mol. The van der Waals surface area contributed by atoms with Gasteiger partial charge < -0.3 is 18.7 Å². The molecule has 2 atom stereocenters. The van der Waals surface area contributed by atoms with Gasteiger partial charge in [-0.1, -0.05) is 12.1 Å². The maximum Gasteiger partial charge on any atom is 0.280 e. The van der Waals surface area contributed by atoms with Crippen molar-refractivity contribution < 1.29 is 30.9 Å². The highest BCUT2D eigenvalue weighted by Crippen LogP contribution is 2.34. The van der Waals surface area contributed by atoms with Gasteiger partial charge in [-0.25, -0.2) is 8.42 Å². The smallest absolute Gasteiger partial charge is 0.280 e. The van der Waals surface area contributed by atoms with E-state index in [1.165, 1.54) is 12.0 Å². The number of methoxy groups -OCH3 is 1. The van der Waals surface area contributed by atoms with Crippen LogP contribution in [0.2, 0.25) is 0 Å². The van der Waals surface area contributed by atoms with E-state index >= 15 is 0 Å². The van der Waals surface area contributed by atoms with E-state index in [-0.39, 0.29) is 6.04 Å². The van der Waals surface area contributed by atoms with E-state index in [1.807, 2.05) is 28.8 Å². The van der Waals surface area contributed by atoms with Crippen LogP contribution in [0, 0.1) is 0 Å². The van der Waals surface area contributed by atoms with Crippen molar-refractivity contribution in [2.75, 3.05) is 40.8 Å². The molecular weight excluding hydrogens is 407 g/mol. The fourth-order valence-electron chi connectivity index (χ4n) is 3.46. The number of thioether (sulfide) groups is 1. The minimum absolute atomic E-state index is 0.142. The second kappa shape index (κ2) is 9.43. The number of nitrogens with zero attached hydrogens (tertiary/aromatic N) is 2. The number of benzene rings is 1. The Morgan fingerprint density at radius 1 is 1.32 bits per heavy atom. The zero-order valence-corrected chi connectivity index (χ0v) is 18.0. The molecule has 1 amide bonds. The molecule has 2 saturated heterocycles. The molecule has 0 N–H and O–H groups in total. The number of halogens is 1. The number of likely N-dealkylation sites (N-methyl/N-ethyl adjacent to an activating group) is 1. The van der Waals surface area contributed by atoms with Crippen molar-refractivity contribution in [2.24, 2.45) is 0 Å². The number of likely N-dealkylation sites (tertiary alicyclic amines) is 2. The van der Waals surface area contributed by atoms with Gasteiger partial charge in [0.2, 0.25) is 0 Å². The van der Waals surface area contributed by atoms with Crippen molar-refractivity contribution in [3.63, 3.8) is 0 Å². The van der Waals surface area contributed by atoms with Gasteiger partial charge in [-0.15, -0.1) is 15.6 Å². The maximum absolute atomic E-state index is 12.6. The minimum atomic E-state index is -5.42. The standard InChI is InChI=1S/C18H27N2O2S.FHO3S/c1-20(2)12-16(11-17(20)18(21)19-9-4-10-19)23-13-14-5-7-15(22-3)8-6-14;1-5(2,3)4/h5-8,16-17H,4,9-13H2,1-3H3;(H,2,3,4)/q+1;/p-1/t16-,17-;/m0./s1. The van der Waals surface area contributed by atoms with Crippen LogP contribution in [0.25, 0.3) is 0 Å². The Kier molecular flexibility index (Phi) is 7.72. The number of carbonyl (C=O) groups is 1. The van der Waals surface area contributed by atoms with E-state index in [9.17, 15) is 8.68 Å². The van der Waals surface area contributed by atoms with Crippen LogP contribution in [0.4, 0.5) is 3.89 Å². The van der Waals surface area contributed by atoms with E-state index < -0.39 is 10.5 Å². The van der Waals surface area contributed by atoms with Gasteiger partial charge in [-0.2, -0.15) is 0 Å². The highest BCUT2D eigenvalue weighted by atomic mass is 32.3. The van der Waals surface area contributed by atoms with Crippen LogP contribution in [0.1, 0.15) is 18.4 Å². The molecule has 0 saturated carbocycles. The van der Waals surface area contributed by atoms with Crippen molar-refractivity contribution >= 4 is 28.2 Å². The maximum atomic E-state index is 12.6. The Labute approximate surface area is 170 Å². The third-order valence-corrected chi connectivity index (χ3v) is 6.41. The quantitative estimate of drug-likeness (QED) is 0.399. The molecule has 2 heterocycles. The number of ether oxygens (including phenoxy) is 1. The zero-order valence-electron chi connectivity index (χ0n) is 16.3. The summed E-state index contributed by atoms with van der Waals surface area (Å²) in [5, 5.41) is 0.558. The van der Waals surface area contributed by atoms with Gasteiger partial charge in [-0.3, -0.25) is 4.79 Å². The van der Waals surface area contributed by atoms with Gasteiger partial charge in [0.1, 0.15) is 5.75 Å². The summed E-state index contributed by atoms with van der Waals surface area (Å²) in [6.45, 7) is 2.99. The van der Waals surface area contributed by atoms with E-state index in [4.69, 9.17) is 17.7 Å². The topological polar surface area (TPSA) is 86.7 Å². The van der Waals surface area contributed by atoms with Gasteiger partial charge in [0.05, 0.1) is 33.0 Å². The summed E-state index contributed by atoms with van der Waals surface area (Å²) in [7, 11) is 0.685. The highest BCUT2D eigenvalue weighted by Gasteiger charge is 2.47. The zero-order chi connectivity index (χ0) is 20.9. The second-order valence-electron chi connectivity index (χ2n) is 7.57. The Morgan fingerprint density at radius 3 is 2.36 bits per heavy atom. The number of hydrogen-bond donors (Lipinski definition) is 0. The Morgan fingerprint density at radius 2 is 1.89 bits per heavy atom. The first kappa shape index (κ1) is 22.9.